The maximum absolute atomic E-state index is 5.31. The second-order valence-electron chi connectivity index (χ2n) is 5.72. The van der Waals surface area contributed by atoms with E-state index >= 15 is 0 Å². The lowest BCUT2D eigenvalue weighted by molar-refractivity contribution is 0.411. The summed E-state index contributed by atoms with van der Waals surface area (Å²) in [4.78, 5) is 4.43. The minimum atomic E-state index is 0.466. The summed E-state index contributed by atoms with van der Waals surface area (Å²) in [6, 6.07) is 15.9. The first-order chi connectivity index (χ1) is 12.3. The molecular formula is C19H17N5O. The number of hydrogen-bond donors (Lipinski definition) is 0. The van der Waals surface area contributed by atoms with Crippen molar-refractivity contribution >= 4 is 23.2 Å². The van der Waals surface area contributed by atoms with Gasteiger partial charge < -0.3 is 4.52 Å². The van der Waals surface area contributed by atoms with Crippen molar-refractivity contribution in [2.45, 2.75) is 19.9 Å². The molecular weight excluding hydrogens is 314 g/mol. The highest BCUT2D eigenvalue weighted by molar-refractivity contribution is 5.80. The first-order valence-electron chi connectivity index (χ1n) is 8.24. The van der Waals surface area contributed by atoms with Crippen molar-refractivity contribution < 1.29 is 4.52 Å². The molecule has 0 N–H and O–H groups in total. The number of hydrogen-bond acceptors (Lipinski definition) is 5. The molecule has 0 aliphatic carbocycles. The van der Waals surface area contributed by atoms with Crippen LogP contribution in [0, 0.1) is 0 Å². The first kappa shape index (κ1) is 15.3. The minimum absolute atomic E-state index is 0.466. The Kier molecular flexibility index (Phi) is 4.08. The molecule has 0 atom stereocenters. The van der Waals surface area contributed by atoms with Crippen LogP contribution in [-0.4, -0.2) is 25.1 Å². The van der Waals surface area contributed by atoms with Gasteiger partial charge in [-0.05, 0) is 36.3 Å². The van der Waals surface area contributed by atoms with Gasteiger partial charge in [-0.15, -0.1) is 5.10 Å². The molecule has 0 aliphatic heterocycles. The summed E-state index contributed by atoms with van der Waals surface area (Å²) in [5.74, 6) is 1.01. The Morgan fingerprint density at radius 2 is 1.96 bits per heavy atom. The predicted octanol–water partition coefficient (Wildman–Crippen LogP) is 4.06. The number of aromatic nitrogens is 5. The van der Waals surface area contributed by atoms with E-state index in [1.807, 2.05) is 65.4 Å². The van der Waals surface area contributed by atoms with Gasteiger partial charge in [0.05, 0.1) is 5.52 Å². The summed E-state index contributed by atoms with van der Waals surface area (Å²) in [6.45, 7) is 2.97. The van der Waals surface area contributed by atoms with E-state index in [2.05, 4.69) is 27.4 Å². The lowest BCUT2D eigenvalue weighted by Gasteiger charge is -1.99. The highest BCUT2D eigenvalue weighted by atomic mass is 16.5. The third kappa shape index (κ3) is 3.19. The first-order valence-corrected chi connectivity index (χ1v) is 8.24. The topological polar surface area (TPSA) is 69.6 Å². The van der Waals surface area contributed by atoms with Crippen LogP contribution < -0.4 is 0 Å². The molecule has 0 bridgehead atoms. The maximum atomic E-state index is 5.31. The van der Waals surface area contributed by atoms with Crippen LogP contribution in [0.3, 0.4) is 0 Å². The fraction of sp³-hybridized carbons (Fsp3) is 0.158. The summed E-state index contributed by atoms with van der Waals surface area (Å²) in [6.07, 6.45) is 4.76. The van der Waals surface area contributed by atoms with Crippen LogP contribution in [0.15, 0.2) is 53.1 Å². The average Bonchev–Trinajstić information content (AvgIpc) is 3.28. The zero-order chi connectivity index (χ0) is 17.1. The summed E-state index contributed by atoms with van der Waals surface area (Å²) in [5, 5.41) is 12.5. The van der Waals surface area contributed by atoms with E-state index in [9.17, 15) is 0 Å². The molecule has 25 heavy (non-hydrogen) atoms. The molecule has 2 heterocycles. The Hall–Kier alpha value is -3.28. The Balaban J connectivity index is 1.59. The van der Waals surface area contributed by atoms with E-state index < -0.39 is 0 Å². The summed E-state index contributed by atoms with van der Waals surface area (Å²) in [7, 11) is 0. The van der Waals surface area contributed by atoms with Crippen LogP contribution >= 0.6 is 0 Å². The second-order valence-corrected chi connectivity index (χ2v) is 5.72. The van der Waals surface area contributed by atoms with E-state index in [4.69, 9.17) is 4.52 Å². The Labute approximate surface area is 144 Å². The fourth-order valence-corrected chi connectivity index (χ4v) is 2.64. The fourth-order valence-electron chi connectivity index (χ4n) is 2.64. The van der Waals surface area contributed by atoms with Crippen molar-refractivity contribution in [2.24, 2.45) is 0 Å². The van der Waals surface area contributed by atoms with Crippen molar-refractivity contribution in [2.75, 3.05) is 0 Å². The van der Waals surface area contributed by atoms with E-state index in [0.717, 1.165) is 35.1 Å². The molecule has 0 saturated carbocycles. The molecule has 0 fully saturated rings. The molecule has 4 aromatic rings. The maximum Gasteiger partial charge on any atom is 0.250 e. The van der Waals surface area contributed by atoms with Gasteiger partial charge in [-0.2, -0.15) is 4.98 Å². The molecule has 4 rings (SSSR count). The molecule has 2 aromatic heterocycles. The lowest BCUT2D eigenvalue weighted by Crippen LogP contribution is -1.98. The molecule has 124 valence electrons. The van der Waals surface area contributed by atoms with Crippen LogP contribution in [0.5, 0.6) is 0 Å². The Morgan fingerprint density at radius 3 is 2.80 bits per heavy atom. The van der Waals surface area contributed by atoms with Crippen LogP contribution in [0.4, 0.5) is 0 Å². The van der Waals surface area contributed by atoms with Gasteiger partial charge in [0.1, 0.15) is 5.52 Å². The van der Waals surface area contributed by atoms with Crippen LogP contribution in [0.2, 0.25) is 0 Å². The molecule has 0 unspecified atom stereocenters. The molecule has 0 spiro atoms. The molecule has 0 saturated heterocycles. The molecule has 0 radical (unpaired) electrons. The summed E-state index contributed by atoms with van der Waals surface area (Å²) < 4.78 is 7.21. The third-order valence-electron chi connectivity index (χ3n) is 3.87. The smallest absolute Gasteiger partial charge is 0.250 e. The number of fused-ring (bicyclic) bond motifs is 1. The van der Waals surface area contributed by atoms with Crippen molar-refractivity contribution in [1.82, 2.24) is 25.1 Å². The Bertz CT molecular complexity index is 1020. The van der Waals surface area contributed by atoms with Gasteiger partial charge in [0, 0.05) is 18.2 Å². The number of aryl methyl sites for hydroxylation is 1. The van der Waals surface area contributed by atoms with Crippen molar-refractivity contribution in [3.63, 3.8) is 0 Å². The molecule has 6 heteroatoms. The highest BCUT2D eigenvalue weighted by Crippen LogP contribution is 2.21. The zero-order valence-corrected chi connectivity index (χ0v) is 13.8. The van der Waals surface area contributed by atoms with Gasteiger partial charge in [-0.1, -0.05) is 47.6 Å². The quantitative estimate of drug-likeness (QED) is 0.551. The number of benzene rings is 2. The number of nitrogens with zero attached hydrogens (tertiary/aromatic N) is 5. The van der Waals surface area contributed by atoms with Gasteiger partial charge in [0.25, 0.3) is 5.89 Å². The Morgan fingerprint density at radius 1 is 1.08 bits per heavy atom. The standard InChI is InChI=1S/C19H17N5O/c1-2-12-24-17-10-9-15(13-16(17)21-23-24)19-20-18(25-22-19)11-8-14-6-4-3-5-7-14/h3-11,13H,2,12H2,1H3/b11-8+. The third-order valence-corrected chi connectivity index (χ3v) is 3.87. The van der Waals surface area contributed by atoms with E-state index in [1.54, 1.807) is 0 Å². The van der Waals surface area contributed by atoms with E-state index in [-0.39, 0.29) is 0 Å². The predicted molar refractivity (Wildman–Crippen MR) is 96.5 cm³/mol. The van der Waals surface area contributed by atoms with Crippen molar-refractivity contribution in [3.05, 3.63) is 60.0 Å². The van der Waals surface area contributed by atoms with Gasteiger partial charge >= 0.3 is 0 Å². The molecule has 6 nitrogen and oxygen atoms in total. The zero-order valence-electron chi connectivity index (χ0n) is 13.8. The van der Waals surface area contributed by atoms with Gasteiger partial charge in [-0.25, -0.2) is 4.68 Å². The van der Waals surface area contributed by atoms with Crippen LogP contribution in [0.1, 0.15) is 24.8 Å². The monoisotopic (exact) mass is 331 g/mol. The average molecular weight is 331 g/mol. The largest absolute Gasteiger partial charge is 0.334 e. The second kappa shape index (κ2) is 6.68. The van der Waals surface area contributed by atoms with Gasteiger partial charge in [-0.3, -0.25) is 0 Å². The van der Waals surface area contributed by atoms with Crippen LogP contribution in [0.25, 0.3) is 34.6 Å². The molecule has 0 aliphatic rings. The van der Waals surface area contributed by atoms with Gasteiger partial charge in [0.2, 0.25) is 5.82 Å². The minimum Gasteiger partial charge on any atom is -0.334 e. The van der Waals surface area contributed by atoms with Gasteiger partial charge in [0.15, 0.2) is 0 Å². The SMILES string of the molecule is CCCn1nnc2cc(-c3noc(/C=C/c4ccccc4)n3)ccc21. The van der Waals surface area contributed by atoms with E-state index in [1.165, 1.54) is 0 Å². The summed E-state index contributed by atoms with van der Waals surface area (Å²) >= 11 is 0. The lowest BCUT2D eigenvalue weighted by atomic mass is 10.2. The van der Waals surface area contributed by atoms with Crippen molar-refractivity contribution in [3.8, 4) is 11.4 Å². The summed E-state index contributed by atoms with van der Waals surface area (Å²) in [5.41, 5.74) is 3.78. The highest BCUT2D eigenvalue weighted by Gasteiger charge is 2.10. The van der Waals surface area contributed by atoms with E-state index in [0.29, 0.717) is 11.7 Å². The van der Waals surface area contributed by atoms with Crippen molar-refractivity contribution in [1.29, 1.82) is 0 Å². The molecule has 2 aromatic carbocycles. The molecule has 0 amide bonds. The number of rotatable bonds is 5. The normalized spacial score (nSPS) is 11.6. The van der Waals surface area contributed by atoms with Crippen LogP contribution in [-0.2, 0) is 6.54 Å².